The fourth-order valence-electron chi connectivity index (χ4n) is 2.63. The highest BCUT2D eigenvalue weighted by atomic mass is 32.2. The molecule has 1 aromatic heterocycles. The minimum atomic E-state index is -3.39. The highest BCUT2D eigenvalue weighted by Gasteiger charge is 2.23. The number of sulfone groups is 1. The zero-order valence-corrected chi connectivity index (χ0v) is 14.7. The van der Waals surface area contributed by atoms with Gasteiger partial charge in [0.15, 0.2) is 15.6 Å². The first-order chi connectivity index (χ1) is 12.2. The number of amides is 2. The molecule has 0 saturated carbocycles. The van der Waals surface area contributed by atoms with E-state index in [0.29, 0.717) is 22.2 Å². The summed E-state index contributed by atoms with van der Waals surface area (Å²) in [4.78, 5) is 23.9. The predicted octanol–water partition coefficient (Wildman–Crippen LogP) is 2.33. The monoisotopic (exact) mass is 372 g/mol. The van der Waals surface area contributed by atoms with Gasteiger partial charge >= 0.3 is 0 Å². The van der Waals surface area contributed by atoms with Gasteiger partial charge in [-0.05, 0) is 24.3 Å². The number of fused-ring (bicyclic) bond motifs is 1. The maximum atomic E-state index is 12.7. The van der Waals surface area contributed by atoms with E-state index in [-0.39, 0.29) is 17.1 Å². The SMILES string of the molecule is CS(=O)(=O)Cc1c(C(=O)Nc2cccc(C(N)=O)c2)oc2ccccc12. The van der Waals surface area contributed by atoms with Crippen LogP contribution in [0.5, 0.6) is 0 Å². The molecule has 0 fully saturated rings. The summed E-state index contributed by atoms with van der Waals surface area (Å²) >= 11 is 0. The molecule has 0 atom stereocenters. The zero-order chi connectivity index (χ0) is 18.9. The number of benzene rings is 2. The topological polar surface area (TPSA) is 119 Å². The Balaban J connectivity index is 2.01. The minimum Gasteiger partial charge on any atom is -0.451 e. The Labute approximate surface area is 149 Å². The molecule has 0 spiro atoms. The van der Waals surface area contributed by atoms with Crippen LogP contribution in [0.1, 0.15) is 26.5 Å². The van der Waals surface area contributed by atoms with Gasteiger partial charge in [-0.3, -0.25) is 9.59 Å². The Morgan fingerprint density at radius 3 is 2.54 bits per heavy atom. The van der Waals surface area contributed by atoms with E-state index in [9.17, 15) is 18.0 Å². The third kappa shape index (κ3) is 3.75. The fourth-order valence-corrected chi connectivity index (χ4v) is 3.44. The van der Waals surface area contributed by atoms with Crippen molar-refractivity contribution in [3.63, 3.8) is 0 Å². The van der Waals surface area contributed by atoms with Gasteiger partial charge in [0.25, 0.3) is 5.91 Å². The molecule has 8 heteroatoms. The number of rotatable bonds is 5. The molecule has 0 radical (unpaired) electrons. The summed E-state index contributed by atoms with van der Waals surface area (Å²) < 4.78 is 29.1. The van der Waals surface area contributed by atoms with Gasteiger partial charge in [0.05, 0.1) is 5.75 Å². The quantitative estimate of drug-likeness (QED) is 0.712. The molecule has 0 bridgehead atoms. The van der Waals surface area contributed by atoms with Crippen LogP contribution in [0, 0.1) is 0 Å². The van der Waals surface area contributed by atoms with E-state index in [2.05, 4.69) is 5.32 Å². The van der Waals surface area contributed by atoms with Gasteiger partial charge in [-0.1, -0.05) is 24.3 Å². The third-order valence-electron chi connectivity index (χ3n) is 3.72. The number of hydrogen-bond donors (Lipinski definition) is 2. The lowest BCUT2D eigenvalue weighted by molar-refractivity contribution is 0.0989. The molecule has 2 amide bonds. The normalized spacial score (nSPS) is 11.4. The third-order valence-corrected chi connectivity index (χ3v) is 4.53. The Bertz CT molecular complexity index is 1120. The Kier molecular flexibility index (Phi) is 4.52. The molecule has 2 aromatic carbocycles. The molecule has 0 aliphatic carbocycles. The highest BCUT2D eigenvalue weighted by Crippen LogP contribution is 2.28. The number of primary amides is 1. The largest absolute Gasteiger partial charge is 0.451 e. The summed E-state index contributed by atoms with van der Waals surface area (Å²) in [6, 6.07) is 12.9. The average molecular weight is 372 g/mol. The van der Waals surface area contributed by atoms with Gasteiger partial charge in [-0.15, -0.1) is 0 Å². The molecule has 3 N–H and O–H groups in total. The molecule has 0 aliphatic heterocycles. The van der Waals surface area contributed by atoms with Crippen molar-refractivity contribution in [2.75, 3.05) is 11.6 Å². The Morgan fingerprint density at radius 2 is 1.85 bits per heavy atom. The van der Waals surface area contributed by atoms with Crippen LogP contribution in [-0.2, 0) is 15.6 Å². The number of carbonyl (C=O) groups is 2. The molecule has 0 saturated heterocycles. The lowest BCUT2D eigenvalue weighted by atomic mass is 10.1. The second-order valence-corrected chi connectivity index (χ2v) is 8.02. The molecule has 3 aromatic rings. The van der Waals surface area contributed by atoms with Crippen molar-refractivity contribution in [1.29, 1.82) is 0 Å². The van der Waals surface area contributed by atoms with Gasteiger partial charge in [0.2, 0.25) is 5.91 Å². The van der Waals surface area contributed by atoms with Crippen molar-refractivity contribution in [2.24, 2.45) is 5.73 Å². The van der Waals surface area contributed by atoms with Crippen molar-refractivity contribution >= 4 is 38.3 Å². The van der Waals surface area contributed by atoms with Crippen LogP contribution < -0.4 is 11.1 Å². The molecule has 26 heavy (non-hydrogen) atoms. The van der Waals surface area contributed by atoms with E-state index in [1.54, 1.807) is 36.4 Å². The molecular formula is C18H16N2O5S. The number of nitrogens with one attached hydrogen (secondary N) is 1. The second-order valence-electron chi connectivity index (χ2n) is 5.88. The van der Waals surface area contributed by atoms with Gasteiger partial charge in [-0.2, -0.15) is 0 Å². The summed E-state index contributed by atoms with van der Waals surface area (Å²) in [5.41, 5.74) is 6.53. The number of nitrogens with two attached hydrogens (primary N) is 1. The van der Waals surface area contributed by atoms with Crippen LogP contribution in [0.15, 0.2) is 52.9 Å². The summed E-state index contributed by atoms with van der Waals surface area (Å²) in [7, 11) is -3.39. The standard InChI is InChI=1S/C18H16N2O5S/c1-26(23,24)10-14-13-7-2-3-8-15(13)25-16(14)18(22)20-12-6-4-5-11(9-12)17(19)21/h2-9H,10H2,1H3,(H2,19,21)(H,20,22). The lowest BCUT2D eigenvalue weighted by Gasteiger charge is -2.06. The van der Waals surface area contributed by atoms with Crippen LogP contribution in [0.2, 0.25) is 0 Å². The van der Waals surface area contributed by atoms with Crippen molar-refractivity contribution < 1.29 is 22.4 Å². The minimum absolute atomic E-state index is 0.0823. The fraction of sp³-hybridized carbons (Fsp3) is 0.111. The summed E-state index contributed by atoms with van der Waals surface area (Å²) in [6.07, 6.45) is 1.09. The van der Waals surface area contributed by atoms with Crippen LogP contribution in [0.25, 0.3) is 11.0 Å². The molecule has 134 valence electrons. The number of hydrogen-bond acceptors (Lipinski definition) is 5. The van der Waals surface area contributed by atoms with Crippen molar-refractivity contribution in [1.82, 2.24) is 0 Å². The van der Waals surface area contributed by atoms with Gasteiger partial charge < -0.3 is 15.5 Å². The molecular weight excluding hydrogens is 356 g/mol. The van der Waals surface area contributed by atoms with Gasteiger partial charge in [0.1, 0.15) is 5.58 Å². The summed E-state index contributed by atoms with van der Waals surface area (Å²) in [5, 5.41) is 3.17. The maximum absolute atomic E-state index is 12.7. The first-order valence-electron chi connectivity index (χ1n) is 7.64. The van der Waals surface area contributed by atoms with E-state index >= 15 is 0 Å². The van der Waals surface area contributed by atoms with E-state index in [0.717, 1.165) is 6.26 Å². The van der Waals surface area contributed by atoms with E-state index in [1.165, 1.54) is 12.1 Å². The Morgan fingerprint density at radius 1 is 1.12 bits per heavy atom. The lowest BCUT2D eigenvalue weighted by Crippen LogP contribution is -2.16. The summed E-state index contributed by atoms with van der Waals surface area (Å²) in [6.45, 7) is 0. The van der Waals surface area contributed by atoms with Crippen molar-refractivity contribution in [2.45, 2.75) is 5.75 Å². The second kappa shape index (κ2) is 6.64. The van der Waals surface area contributed by atoms with Crippen molar-refractivity contribution in [3.05, 3.63) is 65.4 Å². The molecule has 3 rings (SSSR count). The van der Waals surface area contributed by atoms with Gasteiger partial charge in [-0.25, -0.2) is 8.42 Å². The molecule has 0 aliphatic rings. The maximum Gasteiger partial charge on any atom is 0.291 e. The highest BCUT2D eigenvalue weighted by molar-refractivity contribution is 7.89. The first-order valence-corrected chi connectivity index (χ1v) is 9.70. The average Bonchev–Trinajstić information content (AvgIpc) is 2.92. The van der Waals surface area contributed by atoms with Crippen LogP contribution in [0.4, 0.5) is 5.69 Å². The van der Waals surface area contributed by atoms with Crippen LogP contribution in [0.3, 0.4) is 0 Å². The number of carbonyl (C=O) groups excluding carboxylic acids is 2. The van der Waals surface area contributed by atoms with Crippen molar-refractivity contribution in [3.8, 4) is 0 Å². The number of para-hydroxylation sites is 1. The number of furan rings is 1. The number of anilines is 1. The predicted molar refractivity (Wildman–Crippen MR) is 97.7 cm³/mol. The van der Waals surface area contributed by atoms with Gasteiger partial charge in [0, 0.05) is 28.5 Å². The van der Waals surface area contributed by atoms with E-state index < -0.39 is 21.7 Å². The smallest absolute Gasteiger partial charge is 0.291 e. The molecule has 0 unspecified atom stereocenters. The van der Waals surface area contributed by atoms with E-state index in [1.807, 2.05) is 0 Å². The van der Waals surface area contributed by atoms with Crippen LogP contribution in [-0.4, -0.2) is 26.5 Å². The first kappa shape index (κ1) is 17.7. The summed E-state index contributed by atoms with van der Waals surface area (Å²) in [5.74, 6) is -1.64. The molecule has 7 nitrogen and oxygen atoms in total. The Hall–Kier alpha value is -3.13. The van der Waals surface area contributed by atoms with Crippen LogP contribution >= 0.6 is 0 Å². The zero-order valence-electron chi connectivity index (χ0n) is 13.9. The molecule has 1 heterocycles. The van der Waals surface area contributed by atoms with E-state index in [4.69, 9.17) is 10.2 Å².